The molecule has 0 aromatic carbocycles. The van der Waals surface area contributed by atoms with E-state index in [-0.39, 0.29) is 10.8 Å². The standard InChI is InChI=1S/C25H36N2O4S/c1-8-25(9-2,20-13-16(4)21(32-20)22-26-27-23(29)31-22)17-10-11-18(15(3)12-17)30-14-19(28)24(5,6)7/h10-11,13,17,19,28H,8-9,12,14H2,1-7H3,(H,27,29). The van der Waals surface area contributed by atoms with Crippen LogP contribution in [0.3, 0.4) is 0 Å². The molecule has 2 aromatic heterocycles. The summed E-state index contributed by atoms with van der Waals surface area (Å²) in [4.78, 5) is 13.6. The summed E-state index contributed by atoms with van der Waals surface area (Å²) in [5.41, 5.74) is 2.03. The Balaban J connectivity index is 1.85. The van der Waals surface area contributed by atoms with Crippen molar-refractivity contribution < 1.29 is 14.3 Å². The fourth-order valence-corrected chi connectivity index (χ4v) is 5.88. The number of rotatable bonds is 8. The summed E-state index contributed by atoms with van der Waals surface area (Å²) >= 11 is 1.67. The van der Waals surface area contributed by atoms with Crippen LogP contribution in [0.4, 0.5) is 0 Å². The number of aliphatic hydroxyl groups excluding tert-OH is 1. The quantitative estimate of drug-likeness (QED) is 0.525. The second kappa shape index (κ2) is 9.40. The number of aromatic nitrogens is 2. The molecule has 3 rings (SSSR count). The minimum absolute atomic E-state index is 0.0293. The highest BCUT2D eigenvalue weighted by molar-refractivity contribution is 7.15. The summed E-state index contributed by atoms with van der Waals surface area (Å²) in [6.07, 6.45) is 6.72. The number of hydrogen-bond acceptors (Lipinski definition) is 6. The van der Waals surface area contributed by atoms with Crippen molar-refractivity contribution in [2.24, 2.45) is 11.3 Å². The molecule has 176 valence electrons. The van der Waals surface area contributed by atoms with Gasteiger partial charge in [-0.1, -0.05) is 40.7 Å². The van der Waals surface area contributed by atoms with Crippen LogP contribution in [0.25, 0.3) is 10.8 Å². The third kappa shape index (κ3) is 4.79. The third-order valence-electron chi connectivity index (χ3n) is 6.84. The van der Waals surface area contributed by atoms with Crippen molar-refractivity contribution in [3.05, 3.63) is 50.5 Å². The van der Waals surface area contributed by atoms with Crippen LogP contribution in [-0.2, 0) is 10.2 Å². The van der Waals surface area contributed by atoms with E-state index < -0.39 is 11.9 Å². The Hall–Kier alpha value is -2.12. The summed E-state index contributed by atoms with van der Waals surface area (Å²) in [5.74, 6) is 1.02. The summed E-state index contributed by atoms with van der Waals surface area (Å²) in [5, 5.41) is 16.7. The average molecular weight is 461 g/mol. The largest absolute Gasteiger partial charge is 0.491 e. The summed E-state index contributed by atoms with van der Waals surface area (Å²) < 4.78 is 11.2. The molecule has 0 saturated carbocycles. The van der Waals surface area contributed by atoms with Crippen molar-refractivity contribution in [1.82, 2.24) is 10.2 Å². The molecule has 2 N–H and O–H groups in total. The molecule has 2 aromatic rings. The maximum Gasteiger partial charge on any atom is 0.434 e. The van der Waals surface area contributed by atoms with Crippen LogP contribution in [0.2, 0.25) is 0 Å². The van der Waals surface area contributed by atoms with Crippen LogP contribution in [0.15, 0.2) is 38.8 Å². The van der Waals surface area contributed by atoms with Gasteiger partial charge in [0.25, 0.3) is 5.89 Å². The second-order valence-electron chi connectivity index (χ2n) is 9.91. The van der Waals surface area contributed by atoms with E-state index in [1.165, 1.54) is 10.5 Å². The molecule has 0 fully saturated rings. The number of nitrogens with zero attached hydrogens (tertiary/aromatic N) is 1. The molecule has 1 aliphatic carbocycles. The van der Waals surface area contributed by atoms with E-state index in [0.717, 1.165) is 35.5 Å². The average Bonchev–Trinajstić information content (AvgIpc) is 3.33. The first-order chi connectivity index (χ1) is 15.0. The minimum atomic E-state index is -0.535. The van der Waals surface area contributed by atoms with Gasteiger partial charge in [-0.25, -0.2) is 9.89 Å². The van der Waals surface area contributed by atoms with E-state index in [4.69, 9.17) is 9.15 Å². The first-order valence-corrected chi connectivity index (χ1v) is 12.2. The molecule has 2 heterocycles. The van der Waals surface area contributed by atoms with Crippen molar-refractivity contribution in [3.8, 4) is 10.8 Å². The first kappa shape index (κ1) is 24.5. The predicted octanol–water partition coefficient (Wildman–Crippen LogP) is 5.73. The Morgan fingerprint density at radius 3 is 2.53 bits per heavy atom. The van der Waals surface area contributed by atoms with Gasteiger partial charge < -0.3 is 14.3 Å². The summed E-state index contributed by atoms with van der Waals surface area (Å²) in [6.45, 7) is 15.0. The van der Waals surface area contributed by atoms with Gasteiger partial charge in [-0.3, -0.25) is 0 Å². The molecular weight excluding hydrogens is 424 g/mol. The number of hydrogen-bond donors (Lipinski definition) is 2. The Morgan fingerprint density at radius 1 is 1.31 bits per heavy atom. The highest BCUT2D eigenvalue weighted by atomic mass is 32.1. The molecular formula is C25H36N2O4S. The second-order valence-corrected chi connectivity index (χ2v) is 11.0. The number of H-pyrrole nitrogens is 1. The topological polar surface area (TPSA) is 88.4 Å². The van der Waals surface area contributed by atoms with Gasteiger partial charge in [-0.05, 0) is 67.7 Å². The molecule has 0 radical (unpaired) electrons. The molecule has 2 atom stereocenters. The van der Waals surface area contributed by atoms with Gasteiger partial charge in [-0.15, -0.1) is 16.4 Å². The Morgan fingerprint density at radius 2 is 2.00 bits per heavy atom. The molecule has 0 spiro atoms. The van der Waals surface area contributed by atoms with E-state index in [1.807, 2.05) is 27.7 Å². The van der Waals surface area contributed by atoms with Crippen molar-refractivity contribution >= 4 is 11.3 Å². The van der Waals surface area contributed by atoms with Gasteiger partial charge in [0, 0.05) is 10.3 Å². The lowest BCUT2D eigenvalue weighted by Crippen LogP contribution is -2.34. The molecule has 7 heteroatoms. The first-order valence-electron chi connectivity index (χ1n) is 11.4. The highest BCUT2D eigenvalue weighted by Crippen LogP contribution is 2.49. The van der Waals surface area contributed by atoms with Crippen LogP contribution in [0, 0.1) is 18.3 Å². The van der Waals surface area contributed by atoms with Gasteiger partial charge in [0.1, 0.15) is 12.4 Å². The van der Waals surface area contributed by atoms with Crippen LogP contribution in [0.5, 0.6) is 0 Å². The molecule has 0 amide bonds. The van der Waals surface area contributed by atoms with Gasteiger partial charge in [-0.2, -0.15) is 0 Å². The van der Waals surface area contributed by atoms with E-state index in [1.54, 1.807) is 11.3 Å². The van der Waals surface area contributed by atoms with Gasteiger partial charge in [0.05, 0.1) is 11.0 Å². The zero-order valence-electron chi connectivity index (χ0n) is 20.2. The Labute approximate surface area is 194 Å². The van der Waals surface area contributed by atoms with Gasteiger partial charge in [0.2, 0.25) is 0 Å². The lowest BCUT2D eigenvalue weighted by molar-refractivity contribution is 0.00172. The van der Waals surface area contributed by atoms with Crippen molar-refractivity contribution in [1.29, 1.82) is 0 Å². The zero-order valence-corrected chi connectivity index (χ0v) is 21.1. The van der Waals surface area contributed by atoms with Crippen LogP contribution < -0.4 is 5.76 Å². The maximum absolute atomic E-state index is 11.4. The maximum atomic E-state index is 11.4. The highest BCUT2D eigenvalue weighted by Gasteiger charge is 2.39. The molecule has 0 aliphatic heterocycles. The molecule has 0 bridgehead atoms. The van der Waals surface area contributed by atoms with Gasteiger partial charge >= 0.3 is 5.76 Å². The zero-order chi connectivity index (χ0) is 23.7. The number of ether oxygens (including phenoxy) is 1. The normalized spacial score (nSPS) is 18.3. The van der Waals surface area contributed by atoms with Crippen LogP contribution >= 0.6 is 11.3 Å². The van der Waals surface area contributed by atoms with Crippen LogP contribution in [0.1, 0.15) is 71.2 Å². The fraction of sp³-hybridized carbons (Fsp3) is 0.600. The Kier molecular flexibility index (Phi) is 7.20. The number of nitrogens with one attached hydrogen (secondary N) is 1. The molecule has 2 unspecified atom stereocenters. The lowest BCUT2D eigenvalue weighted by atomic mass is 9.66. The SMILES string of the molecule is CCC(CC)(c1cc(C)c(-c2n[nH]c(=O)o2)s1)C1C=CC(OCC(O)C(C)(C)C)=C(C)C1. The monoisotopic (exact) mass is 460 g/mol. The number of thiophene rings is 1. The number of allylic oxidation sites excluding steroid dienone is 3. The Bertz CT molecular complexity index is 1050. The molecule has 6 nitrogen and oxygen atoms in total. The van der Waals surface area contributed by atoms with E-state index in [0.29, 0.717) is 18.4 Å². The van der Waals surface area contributed by atoms with Crippen molar-refractivity contribution in [2.75, 3.05) is 6.61 Å². The summed E-state index contributed by atoms with van der Waals surface area (Å²) in [7, 11) is 0. The molecule has 1 aliphatic rings. The lowest BCUT2D eigenvalue weighted by Gasteiger charge is -2.39. The fourth-order valence-electron chi connectivity index (χ4n) is 4.39. The van der Waals surface area contributed by atoms with E-state index in [9.17, 15) is 9.90 Å². The summed E-state index contributed by atoms with van der Waals surface area (Å²) in [6, 6.07) is 2.22. The number of aromatic amines is 1. The molecule has 0 saturated heterocycles. The third-order valence-corrected chi connectivity index (χ3v) is 8.28. The van der Waals surface area contributed by atoms with Crippen molar-refractivity contribution in [3.63, 3.8) is 0 Å². The number of aryl methyl sites for hydroxylation is 1. The smallest absolute Gasteiger partial charge is 0.434 e. The van der Waals surface area contributed by atoms with E-state index in [2.05, 4.69) is 49.2 Å². The van der Waals surface area contributed by atoms with E-state index >= 15 is 0 Å². The van der Waals surface area contributed by atoms with Gasteiger partial charge in [0.15, 0.2) is 0 Å². The van der Waals surface area contributed by atoms with Crippen molar-refractivity contribution in [2.45, 2.75) is 79.2 Å². The number of aliphatic hydroxyl groups is 1. The molecule has 32 heavy (non-hydrogen) atoms. The minimum Gasteiger partial charge on any atom is -0.491 e. The van der Waals surface area contributed by atoms with Crippen LogP contribution in [-0.4, -0.2) is 28.0 Å². The predicted molar refractivity (Wildman–Crippen MR) is 129 cm³/mol.